The summed E-state index contributed by atoms with van der Waals surface area (Å²) in [4.78, 5) is 0. The fourth-order valence-corrected chi connectivity index (χ4v) is 3.85. The van der Waals surface area contributed by atoms with Gasteiger partial charge in [0.25, 0.3) is 5.92 Å². The normalized spacial score (nSPS) is 21.8. The van der Waals surface area contributed by atoms with Crippen molar-refractivity contribution in [1.82, 2.24) is 0 Å². The van der Waals surface area contributed by atoms with Crippen LogP contribution in [-0.2, 0) is 0 Å². The standard InChI is InChI=1S/C18H35F2NO/c1-4-8-15(11-13(2)3)18(19,20)17(22)16(21)12-14-9-6-5-7-10-14/h13-17,22H,4-12,21H2,1-3H3/t15-,16-,17+/m1/s1. The summed E-state index contributed by atoms with van der Waals surface area (Å²) in [6, 6.07) is -0.815. The largest absolute Gasteiger partial charge is 0.385 e. The third-order valence-electron chi connectivity index (χ3n) is 5.07. The first-order valence-electron chi connectivity index (χ1n) is 9.10. The second-order valence-electron chi connectivity index (χ2n) is 7.64. The van der Waals surface area contributed by atoms with Crippen molar-refractivity contribution in [2.45, 2.75) is 96.6 Å². The van der Waals surface area contributed by atoms with Gasteiger partial charge in [-0.15, -0.1) is 0 Å². The topological polar surface area (TPSA) is 46.2 Å². The van der Waals surface area contributed by atoms with E-state index in [-0.39, 0.29) is 5.92 Å². The molecule has 1 aliphatic rings. The van der Waals surface area contributed by atoms with Crippen molar-refractivity contribution in [3.05, 3.63) is 0 Å². The number of rotatable bonds is 9. The van der Waals surface area contributed by atoms with Crippen molar-refractivity contribution in [2.24, 2.45) is 23.5 Å². The quantitative estimate of drug-likeness (QED) is 0.644. The molecule has 0 aromatic carbocycles. The summed E-state index contributed by atoms with van der Waals surface area (Å²) in [5.41, 5.74) is 5.97. The van der Waals surface area contributed by atoms with Crippen molar-refractivity contribution < 1.29 is 13.9 Å². The Morgan fingerprint density at radius 1 is 1.18 bits per heavy atom. The molecule has 0 unspecified atom stereocenters. The van der Waals surface area contributed by atoms with E-state index in [9.17, 15) is 13.9 Å². The molecule has 2 nitrogen and oxygen atoms in total. The molecular formula is C18H35F2NO. The summed E-state index contributed by atoms with van der Waals surface area (Å²) in [6.45, 7) is 5.82. The summed E-state index contributed by atoms with van der Waals surface area (Å²) in [5, 5.41) is 10.2. The lowest BCUT2D eigenvalue weighted by Crippen LogP contribution is -2.52. The molecule has 1 saturated carbocycles. The second-order valence-corrected chi connectivity index (χ2v) is 7.64. The summed E-state index contributed by atoms with van der Waals surface area (Å²) in [6.07, 6.45) is 6.08. The first-order valence-corrected chi connectivity index (χ1v) is 9.10. The van der Waals surface area contributed by atoms with Crippen LogP contribution in [0.4, 0.5) is 8.78 Å². The average molecular weight is 319 g/mol. The van der Waals surface area contributed by atoms with E-state index >= 15 is 0 Å². The Labute approximate surface area is 134 Å². The fraction of sp³-hybridized carbons (Fsp3) is 1.00. The smallest absolute Gasteiger partial charge is 0.277 e. The van der Waals surface area contributed by atoms with E-state index in [1.807, 2.05) is 20.8 Å². The molecule has 4 heteroatoms. The van der Waals surface area contributed by atoms with E-state index in [1.165, 1.54) is 6.42 Å². The van der Waals surface area contributed by atoms with Gasteiger partial charge < -0.3 is 10.8 Å². The van der Waals surface area contributed by atoms with Crippen molar-refractivity contribution in [3.63, 3.8) is 0 Å². The Hall–Kier alpha value is -0.220. The van der Waals surface area contributed by atoms with Gasteiger partial charge in [0, 0.05) is 12.0 Å². The van der Waals surface area contributed by atoms with Gasteiger partial charge in [-0.2, -0.15) is 0 Å². The molecule has 0 amide bonds. The Kier molecular flexibility index (Phi) is 8.26. The van der Waals surface area contributed by atoms with Crippen LogP contribution in [0.25, 0.3) is 0 Å². The fourth-order valence-electron chi connectivity index (χ4n) is 3.85. The van der Waals surface area contributed by atoms with Crippen LogP contribution in [0.5, 0.6) is 0 Å². The van der Waals surface area contributed by atoms with Crippen LogP contribution in [0.1, 0.15) is 78.6 Å². The Morgan fingerprint density at radius 3 is 2.27 bits per heavy atom. The Balaban J connectivity index is 2.65. The van der Waals surface area contributed by atoms with Crippen molar-refractivity contribution in [3.8, 4) is 0 Å². The van der Waals surface area contributed by atoms with E-state index in [0.717, 1.165) is 25.7 Å². The molecule has 3 atom stereocenters. The van der Waals surface area contributed by atoms with Gasteiger partial charge in [0.2, 0.25) is 0 Å². The predicted octanol–water partition coefficient (Wildman–Crippen LogP) is 4.74. The zero-order valence-corrected chi connectivity index (χ0v) is 14.5. The van der Waals surface area contributed by atoms with E-state index < -0.39 is 24.0 Å². The number of aliphatic hydroxyl groups excluding tert-OH is 1. The maximum Gasteiger partial charge on any atom is 0.277 e. The van der Waals surface area contributed by atoms with Gasteiger partial charge in [-0.05, 0) is 31.1 Å². The van der Waals surface area contributed by atoms with Crippen molar-refractivity contribution in [1.29, 1.82) is 0 Å². The zero-order chi connectivity index (χ0) is 16.8. The number of alkyl halides is 2. The van der Waals surface area contributed by atoms with Crippen LogP contribution in [0.3, 0.4) is 0 Å². The molecule has 132 valence electrons. The summed E-state index contributed by atoms with van der Waals surface area (Å²) < 4.78 is 29.4. The lowest BCUT2D eigenvalue weighted by Gasteiger charge is -2.36. The first kappa shape index (κ1) is 19.8. The molecule has 0 aromatic rings. The number of nitrogens with two attached hydrogens (primary N) is 1. The second kappa shape index (κ2) is 9.17. The van der Waals surface area contributed by atoms with Gasteiger partial charge >= 0.3 is 0 Å². The number of hydrogen-bond donors (Lipinski definition) is 2. The van der Waals surface area contributed by atoms with Gasteiger partial charge in [0.05, 0.1) is 0 Å². The third-order valence-corrected chi connectivity index (χ3v) is 5.07. The molecule has 0 radical (unpaired) electrons. The number of halogens is 2. The SMILES string of the molecule is CCC[C@H](CC(C)C)C(F)(F)[C@@H](O)[C@H](N)CC1CCCCC1. The van der Waals surface area contributed by atoms with Crippen LogP contribution >= 0.6 is 0 Å². The van der Waals surface area contributed by atoms with Gasteiger partial charge in [-0.3, -0.25) is 0 Å². The van der Waals surface area contributed by atoms with Crippen LogP contribution < -0.4 is 5.73 Å². The highest BCUT2D eigenvalue weighted by atomic mass is 19.3. The highest BCUT2D eigenvalue weighted by Crippen LogP contribution is 2.38. The minimum atomic E-state index is -3.09. The molecule has 1 aliphatic carbocycles. The molecule has 0 spiro atoms. The maximum absolute atomic E-state index is 14.7. The van der Waals surface area contributed by atoms with Crippen molar-refractivity contribution in [2.75, 3.05) is 0 Å². The monoisotopic (exact) mass is 319 g/mol. The molecule has 1 rings (SSSR count). The van der Waals surface area contributed by atoms with E-state index in [2.05, 4.69) is 0 Å². The molecule has 0 aromatic heterocycles. The van der Waals surface area contributed by atoms with Crippen LogP contribution in [-0.4, -0.2) is 23.2 Å². The molecule has 0 bridgehead atoms. The summed E-state index contributed by atoms with van der Waals surface area (Å²) in [7, 11) is 0. The summed E-state index contributed by atoms with van der Waals surface area (Å²) >= 11 is 0. The van der Waals surface area contributed by atoms with Gasteiger partial charge in [-0.1, -0.05) is 59.3 Å². The highest BCUT2D eigenvalue weighted by Gasteiger charge is 2.48. The molecule has 0 saturated heterocycles. The van der Waals surface area contributed by atoms with E-state index in [0.29, 0.717) is 31.6 Å². The van der Waals surface area contributed by atoms with Crippen LogP contribution in [0.2, 0.25) is 0 Å². The molecule has 3 N–H and O–H groups in total. The van der Waals surface area contributed by atoms with E-state index in [1.54, 1.807) is 0 Å². The molecule has 22 heavy (non-hydrogen) atoms. The lowest BCUT2D eigenvalue weighted by molar-refractivity contribution is -0.162. The first-order chi connectivity index (χ1) is 10.3. The van der Waals surface area contributed by atoms with Crippen molar-refractivity contribution >= 4 is 0 Å². The van der Waals surface area contributed by atoms with Crippen LogP contribution in [0, 0.1) is 17.8 Å². The third kappa shape index (κ3) is 5.77. The average Bonchev–Trinajstić information content (AvgIpc) is 2.46. The molecular weight excluding hydrogens is 284 g/mol. The van der Waals surface area contributed by atoms with Gasteiger partial charge in [0.15, 0.2) is 0 Å². The summed E-state index contributed by atoms with van der Waals surface area (Å²) in [5.74, 6) is -3.26. The minimum Gasteiger partial charge on any atom is -0.385 e. The highest BCUT2D eigenvalue weighted by molar-refractivity contribution is 4.91. The molecule has 0 aliphatic heterocycles. The molecule has 1 fully saturated rings. The number of aliphatic hydroxyl groups is 1. The maximum atomic E-state index is 14.7. The molecule has 0 heterocycles. The van der Waals surface area contributed by atoms with E-state index in [4.69, 9.17) is 5.73 Å². The predicted molar refractivity (Wildman–Crippen MR) is 88.0 cm³/mol. The van der Waals surface area contributed by atoms with Gasteiger partial charge in [0.1, 0.15) is 6.10 Å². The lowest BCUT2D eigenvalue weighted by atomic mass is 9.79. The number of hydrogen-bond acceptors (Lipinski definition) is 2. The Morgan fingerprint density at radius 2 is 1.77 bits per heavy atom. The van der Waals surface area contributed by atoms with Gasteiger partial charge in [-0.25, -0.2) is 8.78 Å². The minimum absolute atomic E-state index is 0.198. The zero-order valence-electron chi connectivity index (χ0n) is 14.5. The Bertz CT molecular complexity index is 303. The van der Waals surface area contributed by atoms with Crippen LogP contribution in [0.15, 0.2) is 0 Å².